The number of hydrogen-bond acceptors (Lipinski definition) is 4. The number of methoxy groups -OCH3 is 2. The monoisotopic (exact) mass is 271 g/mol. The molecule has 1 saturated heterocycles. The average Bonchev–Trinajstić information content (AvgIpc) is 2.95. The molecule has 0 N–H and O–H groups in total. The second-order valence-corrected chi connectivity index (χ2v) is 5.16. The van der Waals surface area contributed by atoms with Gasteiger partial charge in [0.25, 0.3) is 0 Å². The molecule has 0 aromatic rings. The van der Waals surface area contributed by atoms with Crippen LogP contribution in [0.5, 0.6) is 0 Å². The van der Waals surface area contributed by atoms with E-state index in [1.165, 1.54) is 7.69 Å². The summed E-state index contributed by atoms with van der Waals surface area (Å²) in [5.74, 6) is 0. The van der Waals surface area contributed by atoms with Crippen LogP contribution >= 0.6 is 0 Å². The molecular formula is C14H28BO4. The fourth-order valence-corrected chi connectivity index (χ4v) is 3.21. The lowest BCUT2D eigenvalue weighted by Gasteiger charge is -2.45. The molecule has 0 aromatic carbocycles. The Morgan fingerprint density at radius 3 is 1.32 bits per heavy atom. The molecule has 5 heteroatoms. The normalized spacial score (nSPS) is 24.5. The third-order valence-corrected chi connectivity index (χ3v) is 4.92. The van der Waals surface area contributed by atoms with Gasteiger partial charge in [0.1, 0.15) is 0 Å². The smallest absolute Gasteiger partial charge is 0.405 e. The highest BCUT2D eigenvalue weighted by Gasteiger charge is 2.53. The quantitative estimate of drug-likeness (QED) is 0.636. The molecule has 0 amide bonds. The van der Waals surface area contributed by atoms with Crippen LogP contribution in [0.4, 0.5) is 0 Å². The van der Waals surface area contributed by atoms with Crippen LogP contribution < -0.4 is 0 Å². The van der Waals surface area contributed by atoms with E-state index in [0.29, 0.717) is 0 Å². The summed E-state index contributed by atoms with van der Waals surface area (Å²) >= 11 is 0. The molecule has 4 nitrogen and oxygen atoms in total. The summed E-state index contributed by atoms with van der Waals surface area (Å²) in [6.07, 6.45) is 3.26. The molecule has 0 aliphatic carbocycles. The van der Waals surface area contributed by atoms with Crippen LogP contribution in [0, 0.1) is 0 Å². The molecule has 19 heavy (non-hydrogen) atoms. The number of rotatable bonds is 8. The third kappa shape index (κ3) is 2.84. The molecule has 1 rings (SSSR count). The van der Waals surface area contributed by atoms with Gasteiger partial charge in [-0.05, 0) is 25.7 Å². The summed E-state index contributed by atoms with van der Waals surface area (Å²) in [5.41, 5.74) is -0.655. The van der Waals surface area contributed by atoms with E-state index < -0.39 is 0 Å². The molecule has 1 radical (unpaired) electrons. The highest BCUT2D eigenvalue weighted by molar-refractivity contribution is 6.19. The van der Waals surface area contributed by atoms with Gasteiger partial charge in [-0.15, -0.1) is 0 Å². The first kappa shape index (κ1) is 17.0. The van der Waals surface area contributed by atoms with Gasteiger partial charge < -0.3 is 18.8 Å². The fraction of sp³-hybridized carbons (Fsp3) is 1.00. The van der Waals surface area contributed by atoms with Crippen LogP contribution in [0.1, 0.15) is 53.4 Å². The van der Waals surface area contributed by atoms with Gasteiger partial charge in [-0.3, -0.25) is 0 Å². The molecule has 1 aliphatic rings. The first-order valence-electron chi connectivity index (χ1n) is 7.32. The Hall–Kier alpha value is -0.0951. The third-order valence-electron chi connectivity index (χ3n) is 4.92. The molecule has 0 saturated carbocycles. The lowest BCUT2D eigenvalue weighted by molar-refractivity contribution is -0.162. The van der Waals surface area contributed by atoms with Crippen molar-refractivity contribution in [2.45, 2.75) is 76.8 Å². The average molecular weight is 271 g/mol. The van der Waals surface area contributed by atoms with Gasteiger partial charge >= 0.3 is 7.69 Å². The molecule has 2 atom stereocenters. The van der Waals surface area contributed by atoms with Crippen molar-refractivity contribution < 1.29 is 18.8 Å². The molecule has 1 aliphatic heterocycles. The standard InChI is InChI=1S/C14H28BO4/c1-7-13(8-2,16-5)11-12(19-15-18-11)14(9-3,10-4)17-6/h11-12H,7-10H2,1-6H3/t11-,12-/m1/s1. The van der Waals surface area contributed by atoms with E-state index in [1.54, 1.807) is 14.2 Å². The largest absolute Gasteiger partial charge is 0.488 e. The van der Waals surface area contributed by atoms with Crippen molar-refractivity contribution >= 4 is 7.69 Å². The first-order chi connectivity index (χ1) is 9.09. The summed E-state index contributed by atoms with van der Waals surface area (Å²) in [6.45, 7) is 8.49. The first-order valence-corrected chi connectivity index (χ1v) is 7.32. The summed E-state index contributed by atoms with van der Waals surface area (Å²) in [4.78, 5) is 0. The Kier molecular flexibility index (Phi) is 6.31. The van der Waals surface area contributed by atoms with Gasteiger partial charge in [0, 0.05) is 14.2 Å². The zero-order valence-corrected chi connectivity index (χ0v) is 13.2. The van der Waals surface area contributed by atoms with Crippen molar-refractivity contribution in [2.24, 2.45) is 0 Å². The zero-order valence-electron chi connectivity index (χ0n) is 13.2. The van der Waals surface area contributed by atoms with Crippen LogP contribution in [0.15, 0.2) is 0 Å². The van der Waals surface area contributed by atoms with E-state index in [9.17, 15) is 0 Å². The lowest BCUT2D eigenvalue weighted by Crippen LogP contribution is -2.57. The predicted molar refractivity (Wildman–Crippen MR) is 76.1 cm³/mol. The van der Waals surface area contributed by atoms with Crippen molar-refractivity contribution in [1.29, 1.82) is 0 Å². The fourth-order valence-electron chi connectivity index (χ4n) is 3.21. The van der Waals surface area contributed by atoms with Crippen molar-refractivity contribution in [3.63, 3.8) is 0 Å². The van der Waals surface area contributed by atoms with Crippen LogP contribution in [0.3, 0.4) is 0 Å². The maximum absolute atomic E-state index is 5.80. The van der Waals surface area contributed by atoms with Crippen LogP contribution in [-0.4, -0.2) is 45.3 Å². The Bertz CT molecular complexity index is 222. The highest BCUT2D eigenvalue weighted by atomic mass is 16.7. The summed E-state index contributed by atoms with van der Waals surface area (Å²) in [7, 11) is 4.95. The summed E-state index contributed by atoms with van der Waals surface area (Å²) in [5, 5.41) is 0. The summed E-state index contributed by atoms with van der Waals surface area (Å²) < 4.78 is 23.1. The molecule has 1 fully saturated rings. The molecular weight excluding hydrogens is 243 g/mol. The molecule has 0 unspecified atom stereocenters. The molecule has 0 aromatic heterocycles. The Labute approximate surface area is 118 Å². The summed E-state index contributed by atoms with van der Waals surface area (Å²) in [6, 6.07) is 0. The lowest BCUT2D eigenvalue weighted by atomic mass is 9.78. The minimum Gasteiger partial charge on any atom is -0.405 e. The van der Waals surface area contributed by atoms with Crippen molar-refractivity contribution in [2.75, 3.05) is 14.2 Å². The Morgan fingerprint density at radius 1 is 0.789 bits per heavy atom. The van der Waals surface area contributed by atoms with E-state index in [2.05, 4.69) is 27.7 Å². The number of ether oxygens (including phenoxy) is 2. The molecule has 1 heterocycles. The van der Waals surface area contributed by atoms with Crippen LogP contribution in [0.2, 0.25) is 0 Å². The SMILES string of the molecule is CCC(CC)(OC)[C@@H]1O[B]O[C@H]1C(CC)(CC)OC. The molecule has 111 valence electrons. The topological polar surface area (TPSA) is 36.9 Å². The van der Waals surface area contributed by atoms with Crippen molar-refractivity contribution in [3.05, 3.63) is 0 Å². The van der Waals surface area contributed by atoms with E-state index in [0.717, 1.165) is 25.7 Å². The second kappa shape index (κ2) is 7.07. The van der Waals surface area contributed by atoms with Gasteiger partial charge in [0.2, 0.25) is 0 Å². The van der Waals surface area contributed by atoms with Gasteiger partial charge in [0.05, 0.1) is 23.4 Å². The van der Waals surface area contributed by atoms with Gasteiger partial charge in [-0.1, -0.05) is 27.7 Å². The Balaban J connectivity index is 3.07. The zero-order chi connectivity index (χ0) is 14.5. The second-order valence-electron chi connectivity index (χ2n) is 5.16. The van der Waals surface area contributed by atoms with Crippen molar-refractivity contribution in [3.8, 4) is 0 Å². The maximum atomic E-state index is 5.80. The molecule has 0 bridgehead atoms. The van der Waals surface area contributed by atoms with Crippen molar-refractivity contribution in [1.82, 2.24) is 0 Å². The minimum atomic E-state index is -0.328. The Morgan fingerprint density at radius 2 is 1.11 bits per heavy atom. The molecule has 0 spiro atoms. The highest BCUT2D eigenvalue weighted by Crippen LogP contribution is 2.40. The minimum absolute atomic E-state index is 0.132. The predicted octanol–water partition coefficient (Wildman–Crippen LogP) is 2.72. The van der Waals surface area contributed by atoms with E-state index >= 15 is 0 Å². The van der Waals surface area contributed by atoms with Gasteiger partial charge in [0.15, 0.2) is 0 Å². The van der Waals surface area contributed by atoms with Crippen LogP contribution in [0.25, 0.3) is 0 Å². The van der Waals surface area contributed by atoms with Gasteiger partial charge in [-0.25, -0.2) is 0 Å². The number of hydrogen-bond donors (Lipinski definition) is 0. The van der Waals surface area contributed by atoms with E-state index in [4.69, 9.17) is 18.8 Å². The van der Waals surface area contributed by atoms with Gasteiger partial charge in [-0.2, -0.15) is 0 Å². The van der Waals surface area contributed by atoms with E-state index in [1.807, 2.05) is 0 Å². The maximum Gasteiger partial charge on any atom is 0.488 e. The van der Waals surface area contributed by atoms with E-state index in [-0.39, 0.29) is 23.4 Å². The van der Waals surface area contributed by atoms with Crippen LogP contribution in [-0.2, 0) is 18.8 Å².